The van der Waals surface area contributed by atoms with Crippen LogP contribution in [0.4, 0.5) is 15.8 Å². The first-order valence-corrected chi connectivity index (χ1v) is 6.51. The third-order valence-corrected chi connectivity index (χ3v) is 3.12. The Hall–Kier alpha value is -2.36. The van der Waals surface area contributed by atoms with E-state index in [1.54, 1.807) is 47.4 Å². The second-order valence-electron chi connectivity index (χ2n) is 4.50. The van der Waals surface area contributed by atoms with Crippen LogP contribution in [0.2, 0.25) is 0 Å². The molecule has 0 saturated carbocycles. The molecule has 0 aliphatic rings. The van der Waals surface area contributed by atoms with E-state index in [2.05, 4.69) is 0 Å². The number of nitrogens with zero attached hydrogens (tertiary/aromatic N) is 1. The summed E-state index contributed by atoms with van der Waals surface area (Å²) >= 11 is 0. The Morgan fingerprint density at radius 3 is 2.40 bits per heavy atom. The van der Waals surface area contributed by atoms with Crippen molar-refractivity contribution in [2.24, 2.45) is 0 Å². The van der Waals surface area contributed by atoms with Crippen LogP contribution in [0.1, 0.15) is 12.5 Å². The maximum absolute atomic E-state index is 13.6. The van der Waals surface area contributed by atoms with Gasteiger partial charge in [-0.3, -0.25) is 4.79 Å². The van der Waals surface area contributed by atoms with Crippen molar-refractivity contribution in [2.75, 3.05) is 17.2 Å². The minimum absolute atomic E-state index is 0.0465. The molecule has 0 aliphatic carbocycles. The Kier molecular flexibility index (Phi) is 4.35. The fraction of sp³-hybridized carbons (Fsp3) is 0.188. The maximum Gasteiger partial charge on any atom is 0.231 e. The van der Waals surface area contributed by atoms with Crippen molar-refractivity contribution in [2.45, 2.75) is 13.3 Å². The number of halogens is 1. The Balaban J connectivity index is 2.18. The number of carbonyl (C=O) groups excluding carboxylic acids is 1. The molecule has 0 atom stereocenters. The molecule has 0 radical (unpaired) electrons. The molecule has 4 heteroatoms. The van der Waals surface area contributed by atoms with Crippen LogP contribution in [-0.2, 0) is 11.2 Å². The van der Waals surface area contributed by atoms with Crippen molar-refractivity contribution in [3.8, 4) is 0 Å². The van der Waals surface area contributed by atoms with Crippen LogP contribution in [0.5, 0.6) is 0 Å². The first-order valence-electron chi connectivity index (χ1n) is 6.51. The molecule has 2 aromatic carbocycles. The molecule has 0 bridgehead atoms. The van der Waals surface area contributed by atoms with Crippen LogP contribution in [0, 0.1) is 5.82 Å². The molecule has 0 unspecified atom stereocenters. The van der Waals surface area contributed by atoms with Gasteiger partial charge in [-0.2, -0.15) is 0 Å². The fourth-order valence-electron chi connectivity index (χ4n) is 2.06. The molecule has 2 N–H and O–H groups in total. The quantitative estimate of drug-likeness (QED) is 0.870. The van der Waals surface area contributed by atoms with Crippen LogP contribution < -0.4 is 10.6 Å². The molecule has 0 heterocycles. The van der Waals surface area contributed by atoms with E-state index in [1.807, 2.05) is 6.92 Å². The van der Waals surface area contributed by atoms with Crippen LogP contribution >= 0.6 is 0 Å². The van der Waals surface area contributed by atoms with Crippen molar-refractivity contribution in [1.82, 2.24) is 0 Å². The highest BCUT2D eigenvalue weighted by atomic mass is 19.1. The SMILES string of the molecule is CCN(C(=O)Cc1ccccc1F)c1ccc(N)cc1. The van der Waals surface area contributed by atoms with E-state index in [-0.39, 0.29) is 18.1 Å². The largest absolute Gasteiger partial charge is 0.399 e. The molecule has 20 heavy (non-hydrogen) atoms. The van der Waals surface area contributed by atoms with Gasteiger partial charge >= 0.3 is 0 Å². The lowest BCUT2D eigenvalue weighted by Gasteiger charge is -2.21. The van der Waals surface area contributed by atoms with E-state index in [4.69, 9.17) is 5.73 Å². The lowest BCUT2D eigenvalue weighted by molar-refractivity contribution is -0.118. The summed E-state index contributed by atoms with van der Waals surface area (Å²) in [6.07, 6.45) is 0.0465. The number of anilines is 2. The number of hydrogen-bond acceptors (Lipinski definition) is 2. The average molecular weight is 272 g/mol. The van der Waals surface area contributed by atoms with Gasteiger partial charge in [0.2, 0.25) is 5.91 Å². The first kappa shape index (κ1) is 14.1. The molecule has 0 saturated heterocycles. The smallest absolute Gasteiger partial charge is 0.231 e. The van der Waals surface area contributed by atoms with Gasteiger partial charge in [-0.1, -0.05) is 18.2 Å². The average Bonchev–Trinajstić information content (AvgIpc) is 2.44. The van der Waals surface area contributed by atoms with Gasteiger partial charge in [0, 0.05) is 17.9 Å². The Bertz CT molecular complexity index is 596. The van der Waals surface area contributed by atoms with Gasteiger partial charge in [-0.15, -0.1) is 0 Å². The van der Waals surface area contributed by atoms with Gasteiger partial charge in [0.25, 0.3) is 0 Å². The van der Waals surface area contributed by atoms with Gasteiger partial charge in [0.1, 0.15) is 5.82 Å². The predicted octanol–water partition coefficient (Wildman–Crippen LogP) is 3.00. The number of benzene rings is 2. The molecule has 0 fully saturated rings. The van der Waals surface area contributed by atoms with Gasteiger partial charge in [-0.05, 0) is 42.8 Å². The summed E-state index contributed by atoms with van der Waals surface area (Å²) in [5, 5.41) is 0. The first-order chi connectivity index (χ1) is 9.61. The van der Waals surface area contributed by atoms with Gasteiger partial charge in [0.05, 0.1) is 6.42 Å². The van der Waals surface area contributed by atoms with Crippen molar-refractivity contribution < 1.29 is 9.18 Å². The topological polar surface area (TPSA) is 46.3 Å². The molecule has 2 rings (SSSR count). The molecule has 0 spiro atoms. The van der Waals surface area contributed by atoms with Crippen LogP contribution in [0.3, 0.4) is 0 Å². The molecule has 3 nitrogen and oxygen atoms in total. The zero-order valence-electron chi connectivity index (χ0n) is 11.3. The molecule has 0 aromatic heterocycles. The van der Waals surface area contributed by atoms with E-state index >= 15 is 0 Å². The van der Waals surface area contributed by atoms with Crippen LogP contribution in [-0.4, -0.2) is 12.5 Å². The Morgan fingerprint density at radius 1 is 1.15 bits per heavy atom. The number of rotatable bonds is 4. The number of carbonyl (C=O) groups is 1. The van der Waals surface area contributed by atoms with Crippen molar-refractivity contribution in [3.05, 3.63) is 59.9 Å². The zero-order chi connectivity index (χ0) is 14.5. The van der Waals surface area contributed by atoms with Crippen LogP contribution in [0.15, 0.2) is 48.5 Å². The second-order valence-corrected chi connectivity index (χ2v) is 4.50. The normalized spacial score (nSPS) is 10.3. The zero-order valence-corrected chi connectivity index (χ0v) is 11.3. The molecular formula is C16H17FN2O. The third-order valence-electron chi connectivity index (χ3n) is 3.12. The number of hydrogen-bond donors (Lipinski definition) is 1. The standard InChI is InChI=1S/C16H17FN2O/c1-2-19(14-9-7-13(18)8-10-14)16(20)11-12-5-3-4-6-15(12)17/h3-10H,2,11,18H2,1H3. The third kappa shape index (κ3) is 3.15. The summed E-state index contributed by atoms with van der Waals surface area (Å²) in [7, 11) is 0. The monoisotopic (exact) mass is 272 g/mol. The summed E-state index contributed by atoms with van der Waals surface area (Å²) in [4.78, 5) is 13.9. The molecule has 104 valence electrons. The molecular weight excluding hydrogens is 255 g/mol. The van der Waals surface area contributed by atoms with Crippen molar-refractivity contribution in [1.29, 1.82) is 0 Å². The van der Waals surface area contributed by atoms with Crippen LogP contribution in [0.25, 0.3) is 0 Å². The number of likely N-dealkylation sites (N-methyl/N-ethyl adjacent to an activating group) is 1. The van der Waals surface area contributed by atoms with E-state index in [1.165, 1.54) is 6.07 Å². The fourth-order valence-corrected chi connectivity index (χ4v) is 2.06. The second kappa shape index (κ2) is 6.19. The highest BCUT2D eigenvalue weighted by Crippen LogP contribution is 2.18. The van der Waals surface area contributed by atoms with E-state index in [0.717, 1.165) is 5.69 Å². The molecule has 1 amide bonds. The number of amides is 1. The summed E-state index contributed by atoms with van der Waals surface area (Å²) in [6, 6.07) is 13.4. The highest BCUT2D eigenvalue weighted by Gasteiger charge is 2.15. The highest BCUT2D eigenvalue weighted by molar-refractivity contribution is 5.94. The van der Waals surface area contributed by atoms with E-state index in [0.29, 0.717) is 17.8 Å². The Morgan fingerprint density at radius 2 is 1.80 bits per heavy atom. The summed E-state index contributed by atoms with van der Waals surface area (Å²) in [5.41, 5.74) is 7.45. The summed E-state index contributed by atoms with van der Waals surface area (Å²) < 4.78 is 13.6. The van der Waals surface area contributed by atoms with Gasteiger partial charge < -0.3 is 10.6 Å². The number of nitrogen functional groups attached to an aromatic ring is 1. The Labute approximate surface area is 117 Å². The minimum atomic E-state index is -0.353. The van der Waals surface area contributed by atoms with Crippen molar-refractivity contribution in [3.63, 3.8) is 0 Å². The maximum atomic E-state index is 13.6. The predicted molar refractivity (Wildman–Crippen MR) is 79.0 cm³/mol. The van der Waals surface area contributed by atoms with Crippen molar-refractivity contribution >= 4 is 17.3 Å². The lowest BCUT2D eigenvalue weighted by Crippen LogP contribution is -2.32. The molecule has 2 aromatic rings. The molecule has 0 aliphatic heterocycles. The summed E-state index contributed by atoms with van der Waals surface area (Å²) in [5.74, 6) is -0.489. The van der Waals surface area contributed by atoms with E-state index < -0.39 is 0 Å². The number of nitrogens with two attached hydrogens (primary N) is 1. The minimum Gasteiger partial charge on any atom is -0.399 e. The summed E-state index contributed by atoms with van der Waals surface area (Å²) in [6.45, 7) is 2.41. The lowest BCUT2D eigenvalue weighted by atomic mass is 10.1. The van der Waals surface area contributed by atoms with Gasteiger partial charge in [0.15, 0.2) is 0 Å². The van der Waals surface area contributed by atoms with E-state index in [9.17, 15) is 9.18 Å². The van der Waals surface area contributed by atoms with Gasteiger partial charge in [-0.25, -0.2) is 4.39 Å².